The van der Waals surface area contributed by atoms with Crippen molar-refractivity contribution in [2.75, 3.05) is 13.4 Å². The van der Waals surface area contributed by atoms with Crippen molar-refractivity contribution in [3.05, 3.63) is 59.7 Å². The number of hydrogen-bond donors (Lipinski definition) is 0. The highest BCUT2D eigenvalue weighted by Gasteiger charge is 2.21. The predicted octanol–water partition coefficient (Wildman–Crippen LogP) is 3.85. The lowest BCUT2D eigenvalue weighted by molar-refractivity contribution is 0.0315. The number of rotatable bonds is 6. The van der Waals surface area contributed by atoms with E-state index in [0.717, 1.165) is 4.90 Å². The highest BCUT2D eigenvalue weighted by molar-refractivity contribution is 7.98. The second kappa shape index (κ2) is 7.83. The van der Waals surface area contributed by atoms with E-state index in [0.29, 0.717) is 16.9 Å². The molecule has 2 rings (SSSR count). The van der Waals surface area contributed by atoms with Gasteiger partial charge in [-0.25, -0.2) is 4.79 Å². The molecule has 0 spiro atoms. The zero-order valence-corrected chi connectivity index (χ0v) is 14.1. The van der Waals surface area contributed by atoms with Crippen LogP contribution >= 0.6 is 11.8 Å². The molecule has 2 aromatic carbocycles. The Labute approximate surface area is 139 Å². The van der Waals surface area contributed by atoms with Crippen molar-refractivity contribution >= 4 is 23.5 Å². The van der Waals surface area contributed by atoms with Crippen molar-refractivity contribution < 1.29 is 19.1 Å². The van der Waals surface area contributed by atoms with Crippen LogP contribution in [0.4, 0.5) is 0 Å². The molecule has 0 aliphatic rings. The van der Waals surface area contributed by atoms with Gasteiger partial charge in [-0.15, -0.1) is 11.8 Å². The first kappa shape index (κ1) is 17.1. The number of ether oxygens (including phenoxy) is 2. The molecule has 0 radical (unpaired) electrons. The van der Waals surface area contributed by atoms with E-state index in [4.69, 9.17) is 9.47 Å². The van der Waals surface area contributed by atoms with E-state index in [1.54, 1.807) is 50.4 Å². The summed E-state index contributed by atoms with van der Waals surface area (Å²) < 4.78 is 10.4. The number of hydrogen-bond acceptors (Lipinski definition) is 5. The normalized spacial score (nSPS) is 11.6. The number of Topliss-reactive ketones (excluding diaryl/α,β-unsaturated/α-hetero) is 1. The second-order valence-electron chi connectivity index (χ2n) is 4.84. The number of ketones is 1. The van der Waals surface area contributed by atoms with Crippen LogP contribution in [0.1, 0.15) is 27.6 Å². The highest BCUT2D eigenvalue weighted by Crippen LogP contribution is 2.21. The van der Waals surface area contributed by atoms with Crippen LogP contribution in [0.5, 0.6) is 5.75 Å². The molecule has 0 aliphatic carbocycles. The van der Waals surface area contributed by atoms with Crippen LogP contribution in [0.25, 0.3) is 0 Å². The molecule has 0 N–H and O–H groups in total. The van der Waals surface area contributed by atoms with Gasteiger partial charge in [-0.2, -0.15) is 0 Å². The molecule has 0 heterocycles. The summed E-state index contributed by atoms with van der Waals surface area (Å²) in [4.78, 5) is 25.4. The summed E-state index contributed by atoms with van der Waals surface area (Å²) in [6.45, 7) is 1.58. The highest BCUT2D eigenvalue weighted by atomic mass is 32.2. The van der Waals surface area contributed by atoms with Crippen molar-refractivity contribution in [2.24, 2.45) is 0 Å². The minimum Gasteiger partial charge on any atom is -0.497 e. The third-order valence-corrected chi connectivity index (χ3v) is 4.15. The van der Waals surface area contributed by atoms with Gasteiger partial charge < -0.3 is 9.47 Å². The Bertz CT molecular complexity index is 694. The van der Waals surface area contributed by atoms with Crippen LogP contribution in [0, 0.1) is 0 Å². The summed E-state index contributed by atoms with van der Waals surface area (Å²) in [6.07, 6.45) is 1.03. The molecule has 0 aliphatic heterocycles. The van der Waals surface area contributed by atoms with Crippen molar-refractivity contribution in [2.45, 2.75) is 17.9 Å². The van der Waals surface area contributed by atoms with E-state index in [2.05, 4.69) is 0 Å². The Morgan fingerprint density at radius 2 is 1.70 bits per heavy atom. The van der Waals surface area contributed by atoms with Crippen molar-refractivity contribution in [1.29, 1.82) is 0 Å². The molecule has 0 aromatic heterocycles. The van der Waals surface area contributed by atoms with E-state index < -0.39 is 12.1 Å². The number of thioether (sulfide) groups is 1. The number of carbonyl (C=O) groups excluding carboxylic acids is 2. The molecule has 1 atom stereocenters. The average molecular weight is 330 g/mol. The van der Waals surface area contributed by atoms with Crippen molar-refractivity contribution in [1.82, 2.24) is 0 Å². The smallest absolute Gasteiger partial charge is 0.339 e. The van der Waals surface area contributed by atoms with Gasteiger partial charge in [-0.1, -0.05) is 12.1 Å². The largest absolute Gasteiger partial charge is 0.497 e. The van der Waals surface area contributed by atoms with Crippen LogP contribution in [0.2, 0.25) is 0 Å². The lowest BCUT2D eigenvalue weighted by atomic mass is 10.1. The maximum atomic E-state index is 12.3. The molecule has 5 heteroatoms. The SMILES string of the molecule is COc1ccc(C(=O)[C@@H](C)OC(=O)c2ccccc2SC)cc1. The van der Waals surface area contributed by atoms with E-state index in [9.17, 15) is 9.59 Å². The Hall–Kier alpha value is -2.27. The van der Waals surface area contributed by atoms with Gasteiger partial charge in [0.2, 0.25) is 5.78 Å². The minimum atomic E-state index is -0.856. The van der Waals surface area contributed by atoms with Gasteiger partial charge in [-0.3, -0.25) is 4.79 Å². The van der Waals surface area contributed by atoms with Gasteiger partial charge in [-0.05, 0) is 49.6 Å². The maximum Gasteiger partial charge on any atom is 0.339 e. The predicted molar refractivity (Wildman–Crippen MR) is 90.4 cm³/mol. The van der Waals surface area contributed by atoms with Crippen LogP contribution in [-0.4, -0.2) is 31.2 Å². The Morgan fingerprint density at radius 1 is 1.04 bits per heavy atom. The molecule has 0 fully saturated rings. The van der Waals surface area contributed by atoms with E-state index >= 15 is 0 Å². The van der Waals surface area contributed by atoms with Crippen LogP contribution in [0.15, 0.2) is 53.4 Å². The van der Waals surface area contributed by atoms with Crippen molar-refractivity contribution in [3.8, 4) is 5.75 Å². The molecular formula is C18H18O4S. The van der Waals surface area contributed by atoms with Gasteiger partial charge in [0.25, 0.3) is 0 Å². The summed E-state index contributed by atoms with van der Waals surface area (Å²) >= 11 is 1.46. The summed E-state index contributed by atoms with van der Waals surface area (Å²) in [6, 6.07) is 13.9. The van der Waals surface area contributed by atoms with Gasteiger partial charge in [0.1, 0.15) is 5.75 Å². The average Bonchev–Trinajstić information content (AvgIpc) is 2.60. The third-order valence-electron chi connectivity index (χ3n) is 3.35. The monoisotopic (exact) mass is 330 g/mol. The Balaban J connectivity index is 2.09. The first-order chi connectivity index (χ1) is 11.1. The molecule has 2 aromatic rings. The fraction of sp³-hybridized carbons (Fsp3) is 0.222. The minimum absolute atomic E-state index is 0.248. The van der Waals surface area contributed by atoms with Crippen LogP contribution < -0.4 is 4.74 Å². The molecule has 0 saturated carbocycles. The molecule has 120 valence electrons. The molecule has 0 amide bonds. The lowest BCUT2D eigenvalue weighted by Gasteiger charge is -2.14. The van der Waals surface area contributed by atoms with Crippen molar-refractivity contribution in [3.63, 3.8) is 0 Å². The summed E-state index contributed by atoms with van der Waals surface area (Å²) in [5, 5.41) is 0. The Morgan fingerprint density at radius 3 is 2.30 bits per heavy atom. The Kier molecular flexibility index (Phi) is 5.82. The van der Waals surface area contributed by atoms with Gasteiger partial charge >= 0.3 is 5.97 Å². The number of carbonyl (C=O) groups is 2. The number of esters is 1. The molecule has 0 saturated heterocycles. The maximum absolute atomic E-state index is 12.3. The molecular weight excluding hydrogens is 312 g/mol. The molecule has 23 heavy (non-hydrogen) atoms. The topological polar surface area (TPSA) is 52.6 Å². The second-order valence-corrected chi connectivity index (χ2v) is 5.69. The molecule has 0 bridgehead atoms. The first-order valence-corrected chi connectivity index (χ1v) is 8.31. The fourth-order valence-corrected chi connectivity index (χ4v) is 2.67. The number of benzene rings is 2. The number of methoxy groups -OCH3 is 1. The van der Waals surface area contributed by atoms with Crippen LogP contribution in [0.3, 0.4) is 0 Å². The quantitative estimate of drug-likeness (QED) is 0.457. The van der Waals surface area contributed by atoms with Crippen LogP contribution in [-0.2, 0) is 4.74 Å². The summed E-state index contributed by atoms with van der Waals surface area (Å²) in [5.74, 6) is -0.0768. The molecule has 4 nitrogen and oxygen atoms in total. The third kappa shape index (κ3) is 4.13. The zero-order chi connectivity index (χ0) is 16.8. The zero-order valence-electron chi connectivity index (χ0n) is 13.2. The van der Waals surface area contributed by atoms with E-state index in [1.807, 2.05) is 18.4 Å². The lowest BCUT2D eigenvalue weighted by Crippen LogP contribution is -2.24. The molecule has 0 unspecified atom stereocenters. The summed E-state index contributed by atoms with van der Waals surface area (Å²) in [7, 11) is 1.56. The summed E-state index contributed by atoms with van der Waals surface area (Å²) in [5.41, 5.74) is 0.943. The standard InChI is InChI=1S/C18H18O4S/c1-12(17(19)13-8-10-14(21-2)11-9-13)22-18(20)15-6-4-5-7-16(15)23-3/h4-12H,1-3H3/t12-/m1/s1. The van der Waals surface area contributed by atoms with E-state index in [1.165, 1.54) is 11.8 Å². The van der Waals surface area contributed by atoms with Gasteiger partial charge in [0, 0.05) is 10.5 Å². The van der Waals surface area contributed by atoms with E-state index in [-0.39, 0.29) is 5.78 Å². The fourth-order valence-electron chi connectivity index (χ4n) is 2.08. The van der Waals surface area contributed by atoms with Gasteiger partial charge in [0.05, 0.1) is 12.7 Å². The first-order valence-electron chi connectivity index (χ1n) is 7.09. The van der Waals surface area contributed by atoms with Gasteiger partial charge in [0.15, 0.2) is 6.10 Å².